The first-order chi connectivity index (χ1) is 17.2. The Kier molecular flexibility index (Phi) is 6.90. The Morgan fingerprint density at radius 3 is 2.51 bits per heavy atom. The van der Waals surface area contributed by atoms with Crippen LogP contribution in [0.2, 0.25) is 0 Å². The molecule has 2 heterocycles. The number of carbonyl (C=O) groups is 1. The number of rotatable bonds is 8. The second-order valence-electron chi connectivity index (χ2n) is 9.48. The number of nitrogens with one attached hydrogen (secondary N) is 1. The Morgan fingerprint density at radius 1 is 1.22 bits per heavy atom. The van der Waals surface area contributed by atoms with Gasteiger partial charge in [0.15, 0.2) is 14.6 Å². The first-order valence-electron chi connectivity index (χ1n) is 11.3. The van der Waals surface area contributed by atoms with Gasteiger partial charge in [-0.05, 0) is 42.7 Å². The van der Waals surface area contributed by atoms with E-state index in [9.17, 15) is 31.2 Å². The topological polar surface area (TPSA) is 122 Å². The molecule has 3 aromatic rings. The molecule has 1 saturated heterocycles. The van der Waals surface area contributed by atoms with Gasteiger partial charge in [-0.25, -0.2) is 32.1 Å². The highest BCUT2D eigenvalue weighted by Gasteiger charge is 2.44. The SMILES string of the molecule is C[C@](CCn1cnc2cc(-c3ccc(CN4CC(F)(F)C4)cc3F)ccc2c1=O)(C(=O)NO)S(C)(=O)=O. The largest absolute Gasteiger partial charge is 0.299 e. The van der Waals surface area contributed by atoms with Crippen LogP contribution in [0.4, 0.5) is 13.2 Å². The molecule has 1 aliphatic heterocycles. The molecular formula is C24H25F3N4O5S. The van der Waals surface area contributed by atoms with Crippen molar-refractivity contribution in [2.45, 2.75) is 37.1 Å². The third-order valence-corrected chi connectivity index (χ3v) is 8.74. The normalized spacial score (nSPS) is 17.2. The maximum Gasteiger partial charge on any atom is 0.272 e. The van der Waals surface area contributed by atoms with Crippen LogP contribution < -0.4 is 11.0 Å². The van der Waals surface area contributed by atoms with Crippen LogP contribution in [-0.4, -0.2) is 64.0 Å². The molecule has 0 saturated carbocycles. The third kappa shape index (κ3) is 5.24. The van der Waals surface area contributed by atoms with Crippen molar-refractivity contribution in [3.8, 4) is 11.1 Å². The number of halogens is 3. The molecule has 37 heavy (non-hydrogen) atoms. The van der Waals surface area contributed by atoms with Crippen molar-refractivity contribution < 1.29 is 31.6 Å². The van der Waals surface area contributed by atoms with Gasteiger partial charge in [0.25, 0.3) is 17.4 Å². The zero-order valence-corrected chi connectivity index (χ0v) is 20.9. The average molecular weight is 539 g/mol. The van der Waals surface area contributed by atoms with E-state index in [0.29, 0.717) is 11.1 Å². The first-order valence-corrected chi connectivity index (χ1v) is 13.2. The minimum atomic E-state index is -3.93. The fraction of sp³-hybridized carbons (Fsp3) is 0.375. The van der Waals surface area contributed by atoms with Crippen molar-refractivity contribution in [2.75, 3.05) is 19.3 Å². The van der Waals surface area contributed by atoms with Crippen LogP contribution in [0.3, 0.4) is 0 Å². The molecule has 1 aliphatic rings. The molecule has 0 spiro atoms. The summed E-state index contributed by atoms with van der Waals surface area (Å²) in [6.07, 6.45) is 1.77. The number of aryl methyl sites for hydroxylation is 1. The third-order valence-electron chi connectivity index (χ3n) is 6.72. The van der Waals surface area contributed by atoms with Gasteiger partial charge in [-0.1, -0.05) is 18.2 Å². The molecule has 1 atom stereocenters. The Bertz CT molecular complexity index is 1540. The number of aromatic nitrogens is 2. The van der Waals surface area contributed by atoms with Crippen molar-refractivity contribution in [1.82, 2.24) is 19.9 Å². The molecule has 1 fully saturated rings. The van der Waals surface area contributed by atoms with Crippen molar-refractivity contribution in [2.24, 2.45) is 0 Å². The molecule has 9 nitrogen and oxygen atoms in total. The first kappa shape index (κ1) is 26.8. The minimum Gasteiger partial charge on any atom is -0.299 e. The van der Waals surface area contributed by atoms with Gasteiger partial charge in [0.1, 0.15) is 5.82 Å². The Morgan fingerprint density at radius 2 is 1.92 bits per heavy atom. The van der Waals surface area contributed by atoms with Crippen LogP contribution in [0.1, 0.15) is 18.9 Å². The van der Waals surface area contributed by atoms with Crippen molar-refractivity contribution in [1.29, 1.82) is 0 Å². The number of amides is 1. The fourth-order valence-electron chi connectivity index (χ4n) is 4.27. The van der Waals surface area contributed by atoms with Gasteiger partial charge in [-0.2, -0.15) is 0 Å². The van der Waals surface area contributed by atoms with Crippen LogP contribution in [-0.2, 0) is 27.7 Å². The van der Waals surface area contributed by atoms with Crippen molar-refractivity contribution >= 4 is 26.6 Å². The smallest absolute Gasteiger partial charge is 0.272 e. The van der Waals surface area contributed by atoms with Gasteiger partial charge in [0.2, 0.25) is 0 Å². The van der Waals surface area contributed by atoms with Crippen LogP contribution in [0, 0.1) is 5.82 Å². The molecule has 4 rings (SSSR count). The molecular weight excluding hydrogens is 513 g/mol. The summed E-state index contributed by atoms with van der Waals surface area (Å²) in [6.45, 7) is 0.487. The lowest BCUT2D eigenvalue weighted by Crippen LogP contribution is -2.55. The van der Waals surface area contributed by atoms with Gasteiger partial charge in [-0.3, -0.25) is 24.3 Å². The van der Waals surface area contributed by atoms with Crippen LogP contribution >= 0.6 is 0 Å². The number of sulfone groups is 1. The van der Waals surface area contributed by atoms with Gasteiger partial charge in [0, 0.05) is 24.9 Å². The summed E-state index contributed by atoms with van der Waals surface area (Å²) in [5.41, 5.74) is 2.43. The van der Waals surface area contributed by atoms with E-state index in [0.717, 1.165) is 17.7 Å². The summed E-state index contributed by atoms with van der Waals surface area (Å²) < 4.78 is 64.4. The molecule has 0 unspecified atom stereocenters. The number of hydroxylamine groups is 1. The highest BCUT2D eigenvalue weighted by Crippen LogP contribution is 2.30. The molecule has 0 radical (unpaired) electrons. The van der Waals surface area contributed by atoms with Crippen molar-refractivity contribution in [3.05, 3.63) is 64.5 Å². The Balaban J connectivity index is 1.56. The van der Waals surface area contributed by atoms with Crippen LogP contribution in [0.25, 0.3) is 22.0 Å². The molecule has 0 bridgehead atoms. The van der Waals surface area contributed by atoms with Gasteiger partial charge in [0.05, 0.1) is 30.3 Å². The number of nitrogens with zero attached hydrogens (tertiary/aromatic N) is 3. The van der Waals surface area contributed by atoms with E-state index in [1.165, 1.54) is 34.9 Å². The second kappa shape index (κ2) is 9.54. The highest BCUT2D eigenvalue weighted by molar-refractivity contribution is 7.92. The highest BCUT2D eigenvalue weighted by atomic mass is 32.2. The molecule has 13 heteroatoms. The quantitative estimate of drug-likeness (QED) is 0.334. The minimum absolute atomic E-state index is 0.167. The number of likely N-dealkylation sites (tertiary alicyclic amines) is 1. The lowest BCUT2D eigenvalue weighted by Gasteiger charge is -2.38. The zero-order chi connectivity index (χ0) is 27.2. The predicted molar refractivity (Wildman–Crippen MR) is 129 cm³/mol. The van der Waals surface area contributed by atoms with Crippen LogP contribution in [0.15, 0.2) is 47.5 Å². The van der Waals surface area contributed by atoms with Crippen LogP contribution in [0.5, 0.6) is 0 Å². The molecule has 198 valence electrons. The summed E-state index contributed by atoms with van der Waals surface area (Å²) in [5, 5.41) is 9.16. The van der Waals surface area contributed by atoms with E-state index in [4.69, 9.17) is 5.21 Å². The van der Waals surface area contributed by atoms with E-state index < -0.39 is 37.8 Å². The summed E-state index contributed by atoms with van der Waals surface area (Å²) in [5.74, 6) is -4.35. The van der Waals surface area contributed by atoms with E-state index in [1.807, 2.05) is 0 Å². The lowest BCUT2D eigenvalue weighted by molar-refractivity contribution is -0.134. The summed E-state index contributed by atoms with van der Waals surface area (Å²) in [6, 6.07) is 9.05. The molecule has 1 aromatic heterocycles. The van der Waals surface area contributed by atoms with Crippen molar-refractivity contribution in [3.63, 3.8) is 0 Å². The number of carbonyl (C=O) groups excluding carboxylic acids is 1. The number of benzene rings is 2. The standard InChI is InChI=1S/C24H25F3N4O5S/c1-23(22(33)29-34,37(2,35)36)7-8-31-14-28-20-10-16(4-6-18(20)21(31)32)17-5-3-15(9-19(17)25)11-30-12-24(26,27)13-30/h3-6,9-10,14,34H,7-8,11-13H2,1-2H3,(H,29,33)/t23-/m0/s1. The lowest BCUT2D eigenvalue weighted by atomic mass is 10.0. The number of alkyl halides is 2. The van der Waals surface area contributed by atoms with E-state index in [1.54, 1.807) is 18.2 Å². The van der Waals surface area contributed by atoms with Gasteiger partial charge in [-0.15, -0.1) is 0 Å². The Labute approximate surface area is 210 Å². The monoisotopic (exact) mass is 538 g/mol. The second-order valence-corrected chi connectivity index (χ2v) is 11.9. The van der Waals surface area contributed by atoms with Gasteiger partial charge < -0.3 is 0 Å². The maximum atomic E-state index is 14.9. The molecule has 2 aromatic carbocycles. The summed E-state index contributed by atoms with van der Waals surface area (Å²) in [7, 11) is -3.93. The fourth-order valence-corrected chi connectivity index (χ4v) is 5.12. The maximum absolute atomic E-state index is 14.9. The molecule has 2 N–H and O–H groups in total. The Hall–Kier alpha value is -3.29. The van der Waals surface area contributed by atoms with E-state index in [2.05, 4.69) is 4.98 Å². The number of hydrogen-bond donors (Lipinski definition) is 2. The number of hydrogen-bond acceptors (Lipinski definition) is 7. The number of fused-ring (bicyclic) bond motifs is 1. The molecule has 1 amide bonds. The van der Waals surface area contributed by atoms with Gasteiger partial charge >= 0.3 is 0 Å². The molecule has 0 aliphatic carbocycles. The van der Waals surface area contributed by atoms with E-state index >= 15 is 0 Å². The zero-order valence-electron chi connectivity index (χ0n) is 20.0. The summed E-state index contributed by atoms with van der Waals surface area (Å²) in [4.78, 5) is 30.7. The predicted octanol–water partition coefficient (Wildman–Crippen LogP) is 2.35. The average Bonchev–Trinajstić information content (AvgIpc) is 2.81. The summed E-state index contributed by atoms with van der Waals surface area (Å²) >= 11 is 0. The van der Waals surface area contributed by atoms with E-state index in [-0.39, 0.29) is 49.1 Å².